The molecule has 0 radical (unpaired) electrons. The molecule has 1 aromatic heterocycles. The molecule has 2 heterocycles. The quantitative estimate of drug-likeness (QED) is 0.573. The van der Waals surface area contributed by atoms with Crippen molar-refractivity contribution in [2.45, 2.75) is 26.3 Å². The summed E-state index contributed by atoms with van der Waals surface area (Å²) < 4.78 is 4.85. The summed E-state index contributed by atoms with van der Waals surface area (Å²) in [5.74, 6) is 0.196. The van der Waals surface area contributed by atoms with E-state index in [2.05, 4.69) is 10.3 Å². The highest BCUT2D eigenvalue weighted by Crippen LogP contribution is 2.24. The molecule has 29 heavy (non-hydrogen) atoms. The minimum absolute atomic E-state index is 0.0384. The molecule has 152 valence electrons. The van der Waals surface area contributed by atoms with Crippen molar-refractivity contribution < 1.29 is 14.3 Å². The van der Waals surface area contributed by atoms with Crippen LogP contribution in [-0.2, 0) is 9.53 Å². The van der Waals surface area contributed by atoms with Crippen molar-refractivity contribution in [2.24, 2.45) is 0 Å². The summed E-state index contributed by atoms with van der Waals surface area (Å²) in [7, 11) is 0. The van der Waals surface area contributed by atoms with Crippen LogP contribution in [0.4, 0.5) is 5.82 Å². The fourth-order valence-corrected chi connectivity index (χ4v) is 3.45. The van der Waals surface area contributed by atoms with E-state index in [1.807, 2.05) is 36.1 Å². The van der Waals surface area contributed by atoms with E-state index in [0.29, 0.717) is 41.7 Å². The van der Waals surface area contributed by atoms with Gasteiger partial charge in [0, 0.05) is 37.0 Å². The molecule has 7 heteroatoms. The topological polar surface area (TPSA) is 71.5 Å². The van der Waals surface area contributed by atoms with Gasteiger partial charge in [-0.05, 0) is 50.1 Å². The number of pyridine rings is 1. The summed E-state index contributed by atoms with van der Waals surface area (Å²) in [5.41, 5.74) is 2.48. The molecule has 0 aliphatic carbocycles. The minimum atomic E-state index is -0.407. The van der Waals surface area contributed by atoms with Gasteiger partial charge in [0.15, 0.2) is 0 Å². The number of carbonyl (C=O) groups excluding carboxylic acids is 2. The van der Waals surface area contributed by atoms with E-state index >= 15 is 0 Å². The van der Waals surface area contributed by atoms with Crippen LogP contribution in [0.1, 0.15) is 34.8 Å². The Hall–Kier alpha value is -2.86. The highest BCUT2D eigenvalue weighted by Gasteiger charge is 2.27. The van der Waals surface area contributed by atoms with Crippen LogP contribution >= 0.6 is 11.6 Å². The number of likely N-dealkylation sites (tertiary alicyclic amines) is 1. The van der Waals surface area contributed by atoms with Crippen molar-refractivity contribution in [3.8, 4) is 0 Å². The third kappa shape index (κ3) is 5.57. The molecule has 1 fully saturated rings. The lowest BCUT2D eigenvalue weighted by atomic mass is 10.1. The average Bonchev–Trinajstić information content (AvgIpc) is 3.16. The van der Waals surface area contributed by atoms with Crippen LogP contribution in [-0.4, -0.2) is 47.5 Å². The van der Waals surface area contributed by atoms with Crippen molar-refractivity contribution in [3.05, 3.63) is 64.3 Å². The number of halogens is 1. The zero-order valence-corrected chi connectivity index (χ0v) is 17.3. The Morgan fingerprint density at radius 1 is 1.38 bits per heavy atom. The normalized spacial score (nSPS) is 16.2. The maximum atomic E-state index is 12.7. The summed E-state index contributed by atoms with van der Waals surface area (Å²) in [6.07, 6.45) is 5.41. The lowest BCUT2D eigenvalue weighted by Crippen LogP contribution is -2.31. The van der Waals surface area contributed by atoms with Gasteiger partial charge in [0.25, 0.3) is 5.91 Å². The number of hydrogen-bond acceptors (Lipinski definition) is 5. The second-order valence-corrected chi connectivity index (χ2v) is 7.34. The maximum Gasteiger partial charge on any atom is 0.330 e. The number of nitrogens with one attached hydrogen (secondary N) is 1. The van der Waals surface area contributed by atoms with Crippen LogP contribution in [0.5, 0.6) is 0 Å². The van der Waals surface area contributed by atoms with Gasteiger partial charge in [-0.15, -0.1) is 0 Å². The summed E-state index contributed by atoms with van der Waals surface area (Å²) >= 11 is 6.34. The first kappa shape index (κ1) is 20.9. The number of anilines is 1. The fourth-order valence-electron chi connectivity index (χ4n) is 3.22. The van der Waals surface area contributed by atoms with Crippen molar-refractivity contribution in [1.29, 1.82) is 0 Å². The molecular formula is C22H24ClN3O3. The molecule has 0 spiro atoms. The van der Waals surface area contributed by atoms with Crippen molar-refractivity contribution >= 4 is 35.4 Å². The van der Waals surface area contributed by atoms with Gasteiger partial charge in [0.05, 0.1) is 11.6 Å². The Morgan fingerprint density at radius 2 is 2.21 bits per heavy atom. The molecule has 1 N–H and O–H groups in total. The first-order valence-electron chi connectivity index (χ1n) is 9.59. The average molecular weight is 414 g/mol. The monoisotopic (exact) mass is 413 g/mol. The molecule has 1 amide bonds. The standard InChI is InChI=1S/C22H24ClN3O3/c1-3-29-20(27)8-7-16-12-19(23)21(24-13-16)25-18-9-10-26(14-18)22(28)17-6-4-5-15(2)11-17/h4-8,11-13,18H,3,9-10,14H2,1-2H3,(H,24,25)/t18-/m1/s1. The number of rotatable bonds is 6. The number of carbonyl (C=O) groups is 2. The van der Waals surface area contributed by atoms with Gasteiger partial charge in [-0.2, -0.15) is 0 Å². The molecule has 1 atom stereocenters. The first-order chi connectivity index (χ1) is 14.0. The predicted octanol–water partition coefficient (Wildman–Crippen LogP) is 3.95. The highest BCUT2D eigenvalue weighted by molar-refractivity contribution is 6.33. The van der Waals surface area contributed by atoms with Gasteiger partial charge in [-0.25, -0.2) is 9.78 Å². The Labute approximate surface area is 175 Å². The third-order valence-electron chi connectivity index (χ3n) is 4.64. The van der Waals surface area contributed by atoms with E-state index in [9.17, 15) is 9.59 Å². The van der Waals surface area contributed by atoms with Crippen LogP contribution in [0.25, 0.3) is 6.08 Å². The fraction of sp³-hybridized carbons (Fsp3) is 0.318. The summed E-state index contributed by atoms with van der Waals surface area (Å²) in [6.45, 7) is 5.33. The molecule has 1 aromatic carbocycles. The Kier molecular flexibility index (Phi) is 6.88. The number of amides is 1. The SMILES string of the molecule is CCOC(=O)C=Cc1cnc(N[C@@H]2CCN(C(=O)c3cccc(C)c3)C2)c(Cl)c1. The molecule has 6 nitrogen and oxygen atoms in total. The number of benzene rings is 1. The van der Waals surface area contributed by atoms with Crippen molar-refractivity contribution in [2.75, 3.05) is 25.0 Å². The van der Waals surface area contributed by atoms with E-state index < -0.39 is 5.97 Å². The highest BCUT2D eigenvalue weighted by atomic mass is 35.5. The van der Waals surface area contributed by atoms with Crippen LogP contribution < -0.4 is 5.32 Å². The second-order valence-electron chi connectivity index (χ2n) is 6.94. The van der Waals surface area contributed by atoms with Crippen LogP contribution in [0, 0.1) is 6.92 Å². The van der Waals surface area contributed by atoms with Gasteiger partial charge < -0.3 is 15.0 Å². The molecule has 1 aliphatic rings. The summed E-state index contributed by atoms with van der Waals surface area (Å²) in [4.78, 5) is 30.3. The Balaban J connectivity index is 1.59. The molecule has 0 unspecified atom stereocenters. The predicted molar refractivity (Wildman–Crippen MR) is 114 cm³/mol. The van der Waals surface area contributed by atoms with Crippen LogP contribution in [0.3, 0.4) is 0 Å². The van der Waals surface area contributed by atoms with Gasteiger partial charge in [0.1, 0.15) is 5.82 Å². The number of nitrogens with zero attached hydrogens (tertiary/aromatic N) is 2. The van der Waals surface area contributed by atoms with Gasteiger partial charge in [-0.3, -0.25) is 4.79 Å². The zero-order valence-electron chi connectivity index (χ0n) is 16.5. The van der Waals surface area contributed by atoms with E-state index in [1.54, 1.807) is 25.3 Å². The number of hydrogen-bond donors (Lipinski definition) is 1. The summed E-state index contributed by atoms with van der Waals surface area (Å²) in [6, 6.07) is 9.44. The number of aryl methyl sites for hydroxylation is 1. The first-order valence-corrected chi connectivity index (χ1v) is 9.97. The van der Waals surface area contributed by atoms with E-state index in [4.69, 9.17) is 16.3 Å². The van der Waals surface area contributed by atoms with Crippen LogP contribution in [0.2, 0.25) is 5.02 Å². The summed E-state index contributed by atoms with van der Waals surface area (Å²) in [5, 5.41) is 3.77. The van der Waals surface area contributed by atoms with Gasteiger partial charge >= 0.3 is 5.97 Å². The molecule has 2 aromatic rings. The largest absolute Gasteiger partial charge is 0.463 e. The Morgan fingerprint density at radius 3 is 2.93 bits per heavy atom. The lowest BCUT2D eigenvalue weighted by molar-refractivity contribution is -0.137. The number of esters is 1. The number of aromatic nitrogens is 1. The Bertz CT molecular complexity index is 929. The smallest absolute Gasteiger partial charge is 0.330 e. The molecule has 0 saturated carbocycles. The maximum absolute atomic E-state index is 12.7. The molecule has 1 aliphatic heterocycles. The van der Waals surface area contributed by atoms with E-state index in [-0.39, 0.29) is 11.9 Å². The van der Waals surface area contributed by atoms with Gasteiger partial charge in [-0.1, -0.05) is 29.3 Å². The van der Waals surface area contributed by atoms with E-state index in [1.165, 1.54) is 6.08 Å². The lowest BCUT2D eigenvalue weighted by Gasteiger charge is -2.18. The third-order valence-corrected chi connectivity index (χ3v) is 4.93. The van der Waals surface area contributed by atoms with E-state index in [0.717, 1.165) is 12.0 Å². The molecular weight excluding hydrogens is 390 g/mol. The second kappa shape index (κ2) is 9.56. The zero-order chi connectivity index (χ0) is 20.8. The van der Waals surface area contributed by atoms with Crippen molar-refractivity contribution in [1.82, 2.24) is 9.88 Å². The van der Waals surface area contributed by atoms with Gasteiger partial charge in [0.2, 0.25) is 0 Å². The van der Waals surface area contributed by atoms with Crippen LogP contribution in [0.15, 0.2) is 42.6 Å². The molecule has 3 rings (SSSR count). The minimum Gasteiger partial charge on any atom is -0.463 e. The molecule has 1 saturated heterocycles. The van der Waals surface area contributed by atoms with Crippen molar-refractivity contribution in [3.63, 3.8) is 0 Å². The number of ether oxygens (including phenoxy) is 1. The molecule has 0 bridgehead atoms.